The van der Waals surface area contributed by atoms with E-state index >= 15 is 0 Å². The second-order valence-electron chi connectivity index (χ2n) is 10.3. The second kappa shape index (κ2) is 13.9. The maximum absolute atomic E-state index is 5.82. The molecular weight excluding hydrogens is 534 g/mol. The van der Waals surface area contributed by atoms with Gasteiger partial charge in [0.1, 0.15) is 5.58 Å². The predicted octanol–water partition coefficient (Wildman–Crippen LogP) is 11.8. The van der Waals surface area contributed by atoms with Crippen LogP contribution in [0.5, 0.6) is 0 Å². The molecule has 0 aliphatic carbocycles. The Hall–Kier alpha value is -5.86. The van der Waals surface area contributed by atoms with E-state index in [4.69, 9.17) is 4.42 Å². The summed E-state index contributed by atoms with van der Waals surface area (Å²) in [5, 5.41) is 1.03. The number of nitrogens with zero attached hydrogens (tertiary/aromatic N) is 1. The molecule has 6 rings (SSSR count). The molecule has 5 aromatic carbocycles. The van der Waals surface area contributed by atoms with Gasteiger partial charge in [0.25, 0.3) is 0 Å². The highest BCUT2D eigenvalue weighted by Crippen LogP contribution is 2.34. The molecule has 2 nitrogen and oxygen atoms in total. The minimum Gasteiger partial charge on any atom is -0.464 e. The summed E-state index contributed by atoms with van der Waals surface area (Å²) >= 11 is 0. The van der Waals surface area contributed by atoms with Crippen LogP contribution in [0.1, 0.15) is 5.56 Å². The molecule has 0 bridgehead atoms. The maximum Gasteiger partial charge on any atom is 0.133 e. The van der Waals surface area contributed by atoms with Crippen molar-refractivity contribution in [3.05, 3.63) is 200 Å². The second-order valence-corrected chi connectivity index (χ2v) is 10.3. The van der Waals surface area contributed by atoms with Crippen LogP contribution in [0.2, 0.25) is 0 Å². The van der Waals surface area contributed by atoms with Gasteiger partial charge in [0.15, 0.2) is 0 Å². The lowest BCUT2D eigenvalue weighted by atomic mass is 10.0. The van der Waals surface area contributed by atoms with E-state index in [2.05, 4.69) is 133 Å². The standard InChI is InChI=1S/C42H33NO/c1-2-39(20-13-16-33-14-7-5-8-15-33)43(40-26-21-35(22-27-40)34-17-10-6-11-18-34)41-28-23-36(24-29-41)37-25-30-42-38(32-37)19-9-3-4-12-31-44-42/h2-32H,1H2. The molecule has 0 spiro atoms. The first kappa shape index (κ1) is 28.3. The summed E-state index contributed by atoms with van der Waals surface area (Å²) in [7, 11) is 0. The first-order chi connectivity index (χ1) is 21.8. The number of rotatable bonds is 8. The molecule has 0 atom stereocenters. The number of anilines is 2. The van der Waals surface area contributed by atoms with Crippen molar-refractivity contribution < 1.29 is 4.42 Å². The molecule has 6 aromatic rings. The summed E-state index contributed by atoms with van der Waals surface area (Å²) in [5.74, 6) is 0. The Morgan fingerprint density at radius 3 is 1.77 bits per heavy atom. The number of hydrogen-bond donors (Lipinski definition) is 0. The van der Waals surface area contributed by atoms with Crippen molar-refractivity contribution in [2.75, 3.05) is 4.90 Å². The fourth-order valence-corrected chi connectivity index (χ4v) is 5.15. The van der Waals surface area contributed by atoms with Crippen LogP contribution < -0.4 is 4.90 Å². The summed E-state index contributed by atoms with van der Waals surface area (Å²) in [6.45, 7) is 4.18. The van der Waals surface area contributed by atoms with Crippen molar-refractivity contribution in [3.63, 3.8) is 0 Å². The Morgan fingerprint density at radius 1 is 0.545 bits per heavy atom. The van der Waals surface area contributed by atoms with Gasteiger partial charge in [-0.25, -0.2) is 0 Å². The monoisotopic (exact) mass is 567 g/mol. The molecule has 0 N–H and O–H groups in total. The van der Waals surface area contributed by atoms with Crippen LogP contribution in [0.15, 0.2) is 199 Å². The third-order valence-corrected chi connectivity index (χ3v) is 7.41. The van der Waals surface area contributed by atoms with Crippen LogP contribution >= 0.6 is 0 Å². The lowest BCUT2D eigenvalue weighted by Crippen LogP contribution is -2.14. The summed E-state index contributed by atoms with van der Waals surface area (Å²) in [5.41, 5.74) is 9.67. The molecule has 212 valence electrons. The van der Waals surface area contributed by atoms with E-state index in [1.807, 2.05) is 60.7 Å². The molecule has 0 unspecified atom stereocenters. The van der Waals surface area contributed by atoms with Crippen LogP contribution in [0.4, 0.5) is 11.4 Å². The smallest absolute Gasteiger partial charge is 0.133 e. The van der Waals surface area contributed by atoms with Crippen LogP contribution in [0.3, 0.4) is 0 Å². The molecule has 1 heterocycles. The lowest BCUT2D eigenvalue weighted by molar-refractivity contribution is 0.607. The molecule has 0 aliphatic rings. The minimum atomic E-state index is 0.830. The van der Waals surface area contributed by atoms with E-state index in [0.717, 1.165) is 44.7 Å². The van der Waals surface area contributed by atoms with Gasteiger partial charge in [0, 0.05) is 22.5 Å². The Balaban J connectivity index is 1.37. The van der Waals surface area contributed by atoms with E-state index in [1.54, 1.807) is 6.26 Å². The van der Waals surface area contributed by atoms with E-state index in [0.29, 0.717) is 0 Å². The fourth-order valence-electron chi connectivity index (χ4n) is 5.15. The molecule has 0 amide bonds. The summed E-state index contributed by atoms with van der Waals surface area (Å²) < 4.78 is 5.82. The third-order valence-electron chi connectivity index (χ3n) is 7.41. The van der Waals surface area contributed by atoms with Gasteiger partial charge in [-0.05, 0) is 82.4 Å². The Labute approximate surface area is 259 Å². The van der Waals surface area contributed by atoms with Crippen LogP contribution in [0.25, 0.3) is 39.3 Å². The van der Waals surface area contributed by atoms with E-state index < -0.39 is 0 Å². The van der Waals surface area contributed by atoms with Gasteiger partial charge < -0.3 is 9.32 Å². The highest BCUT2D eigenvalue weighted by Gasteiger charge is 2.13. The Kier molecular flexibility index (Phi) is 8.91. The van der Waals surface area contributed by atoms with Gasteiger partial charge in [-0.1, -0.05) is 134 Å². The number of benzene rings is 5. The highest BCUT2D eigenvalue weighted by molar-refractivity contribution is 5.83. The van der Waals surface area contributed by atoms with Crippen molar-refractivity contribution in [1.29, 1.82) is 0 Å². The molecule has 0 radical (unpaired) electrons. The van der Waals surface area contributed by atoms with Crippen LogP contribution in [-0.4, -0.2) is 0 Å². The van der Waals surface area contributed by atoms with Crippen molar-refractivity contribution in [3.8, 4) is 22.3 Å². The van der Waals surface area contributed by atoms with E-state index in [9.17, 15) is 0 Å². The van der Waals surface area contributed by atoms with Gasteiger partial charge in [-0.2, -0.15) is 0 Å². The first-order valence-corrected chi connectivity index (χ1v) is 14.7. The molecule has 0 aliphatic heterocycles. The van der Waals surface area contributed by atoms with Crippen LogP contribution in [0, 0.1) is 0 Å². The largest absolute Gasteiger partial charge is 0.464 e. The number of allylic oxidation sites excluding steroid dienone is 3. The SMILES string of the molecule is C=CC(=CC=Cc1ccccc1)N(c1ccc(-c2ccccc2)cc1)c1ccc(-c2ccc3occccccc3c2)cc1. The Bertz CT molecular complexity index is 1950. The molecule has 44 heavy (non-hydrogen) atoms. The molecule has 0 saturated carbocycles. The van der Waals surface area contributed by atoms with E-state index in [-0.39, 0.29) is 0 Å². The summed E-state index contributed by atoms with van der Waals surface area (Å²) in [6.07, 6.45) is 9.89. The Morgan fingerprint density at radius 2 is 1.09 bits per heavy atom. The first-order valence-electron chi connectivity index (χ1n) is 14.7. The summed E-state index contributed by atoms with van der Waals surface area (Å²) in [4.78, 5) is 2.24. The molecular formula is C42H33NO. The maximum atomic E-state index is 5.82. The van der Waals surface area contributed by atoms with Gasteiger partial charge in [0.2, 0.25) is 0 Å². The van der Waals surface area contributed by atoms with Crippen molar-refractivity contribution in [1.82, 2.24) is 0 Å². The van der Waals surface area contributed by atoms with Gasteiger partial charge in [-0.15, -0.1) is 0 Å². The average Bonchev–Trinajstić information content (AvgIpc) is 3.21. The topological polar surface area (TPSA) is 16.4 Å². The van der Waals surface area contributed by atoms with Gasteiger partial charge in [0.05, 0.1) is 6.26 Å². The van der Waals surface area contributed by atoms with Crippen molar-refractivity contribution in [2.45, 2.75) is 0 Å². The zero-order valence-electron chi connectivity index (χ0n) is 24.5. The van der Waals surface area contributed by atoms with Crippen LogP contribution in [-0.2, 0) is 0 Å². The number of hydrogen-bond acceptors (Lipinski definition) is 2. The fraction of sp³-hybridized carbons (Fsp3) is 0. The van der Waals surface area contributed by atoms with Gasteiger partial charge >= 0.3 is 0 Å². The number of fused-ring (bicyclic) bond motifs is 1. The molecule has 2 heteroatoms. The predicted molar refractivity (Wildman–Crippen MR) is 187 cm³/mol. The highest BCUT2D eigenvalue weighted by atomic mass is 16.3. The molecule has 1 aromatic heterocycles. The zero-order chi connectivity index (χ0) is 30.0. The average molecular weight is 568 g/mol. The van der Waals surface area contributed by atoms with Crippen molar-refractivity contribution in [2.24, 2.45) is 0 Å². The third kappa shape index (κ3) is 6.78. The van der Waals surface area contributed by atoms with E-state index in [1.165, 1.54) is 11.1 Å². The van der Waals surface area contributed by atoms with Crippen molar-refractivity contribution >= 4 is 28.4 Å². The zero-order valence-corrected chi connectivity index (χ0v) is 24.5. The van der Waals surface area contributed by atoms with Gasteiger partial charge in [-0.3, -0.25) is 0 Å². The summed E-state index contributed by atoms with van der Waals surface area (Å²) in [6, 6.07) is 54.3. The normalized spacial score (nSPS) is 11.3. The lowest BCUT2D eigenvalue weighted by Gasteiger charge is -2.26. The molecule has 0 fully saturated rings. The molecule has 0 saturated heterocycles. The quantitative estimate of drug-likeness (QED) is 0.170. The minimum absolute atomic E-state index is 0.830.